The zero-order chi connectivity index (χ0) is 13.0. The van der Waals surface area contributed by atoms with Gasteiger partial charge in [0.05, 0.1) is 24.6 Å². The average molecular weight is 253 g/mol. The van der Waals surface area contributed by atoms with E-state index in [0.29, 0.717) is 17.9 Å². The second-order valence-electron chi connectivity index (χ2n) is 4.32. The summed E-state index contributed by atoms with van der Waals surface area (Å²) in [6.07, 6.45) is 0. The van der Waals surface area contributed by atoms with E-state index in [-0.39, 0.29) is 11.6 Å². The molecule has 7 heteroatoms. The summed E-state index contributed by atoms with van der Waals surface area (Å²) < 4.78 is 5.26. The van der Waals surface area contributed by atoms with Crippen molar-refractivity contribution in [1.29, 1.82) is 0 Å². The highest BCUT2D eigenvalue weighted by atomic mass is 16.5. The lowest BCUT2D eigenvalue weighted by atomic mass is 10.3. The largest absolute Gasteiger partial charge is 0.395 e. The van der Waals surface area contributed by atoms with Crippen LogP contribution in [0.1, 0.15) is 16.2 Å². The van der Waals surface area contributed by atoms with Gasteiger partial charge in [0, 0.05) is 26.2 Å². The van der Waals surface area contributed by atoms with Crippen LogP contribution >= 0.6 is 0 Å². The molecule has 1 aliphatic rings. The lowest BCUT2D eigenvalue weighted by Gasteiger charge is -2.26. The third kappa shape index (κ3) is 2.99. The number of nitrogens with zero attached hydrogens (tertiary/aromatic N) is 2. The molecule has 0 atom stereocenters. The number of amides is 1. The number of aromatic nitrogens is 2. The van der Waals surface area contributed by atoms with Crippen LogP contribution in [0.4, 0.5) is 5.69 Å². The Morgan fingerprint density at radius 3 is 2.89 bits per heavy atom. The molecule has 0 aliphatic carbocycles. The number of nitrogen functional groups attached to an aromatic ring is 1. The molecule has 18 heavy (non-hydrogen) atoms. The minimum atomic E-state index is -0.231. The molecule has 1 amide bonds. The first-order valence-corrected chi connectivity index (χ1v) is 6.07. The van der Waals surface area contributed by atoms with Gasteiger partial charge in [-0.1, -0.05) is 0 Å². The minimum absolute atomic E-state index is 0.231. The number of hydrogen-bond acceptors (Lipinski definition) is 5. The minimum Gasteiger partial charge on any atom is -0.395 e. The van der Waals surface area contributed by atoms with Crippen LogP contribution in [-0.2, 0) is 4.74 Å². The number of aryl methyl sites for hydroxylation is 1. The number of carbonyl (C=O) groups is 1. The van der Waals surface area contributed by atoms with Crippen LogP contribution in [0.5, 0.6) is 0 Å². The summed E-state index contributed by atoms with van der Waals surface area (Å²) >= 11 is 0. The van der Waals surface area contributed by atoms with Crippen LogP contribution < -0.4 is 11.1 Å². The molecule has 1 saturated heterocycles. The molecular weight excluding hydrogens is 234 g/mol. The van der Waals surface area contributed by atoms with Gasteiger partial charge in [-0.05, 0) is 6.92 Å². The molecule has 7 nitrogen and oxygen atoms in total. The number of hydrogen-bond donors (Lipinski definition) is 3. The number of rotatable bonds is 4. The van der Waals surface area contributed by atoms with Crippen molar-refractivity contribution in [3.05, 3.63) is 11.4 Å². The van der Waals surface area contributed by atoms with Crippen LogP contribution in [0.25, 0.3) is 0 Å². The number of carbonyl (C=O) groups excluding carboxylic acids is 1. The Bertz CT molecular complexity index is 412. The van der Waals surface area contributed by atoms with Crippen molar-refractivity contribution < 1.29 is 9.53 Å². The van der Waals surface area contributed by atoms with Crippen LogP contribution in [0.2, 0.25) is 0 Å². The van der Waals surface area contributed by atoms with Crippen molar-refractivity contribution in [2.24, 2.45) is 0 Å². The van der Waals surface area contributed by atoms with Crippen molar-refractivity contribution in [3.8, 4) is 0 Å². The zero-order valence-corrected chi connectivity index (χ0v) is 10.5. The lowest BCUT2D eigenvalue weighted by Crippen LogP contribution is -2.41. The van der Waals surface area contributed by atoms with E-state index in [1.54, 1.807) is 6.92 Å². The molecule has 2 rings (SSSR count). The second-order valence-corrected chi connectivity index (χ2v) is 4.32. The number of morpholine rings is 1. The standard InChI is InChI=1S/C11H19N5O2/c1-8-9(12)10(15-14-8)11(17)13-2-3-16-4-6-18-7-5-16/h2-7,12H2,1H3,(H,13,17)(H,14,15). The smallest absolute Gasteiger partial charge is 0.273 e. The van der Waals surface area contributed by atoms with Gasteiger partial charge in [-0.3, -0.25) is 14.8 Å². The maximum Gasteiger partial charge on any atom is 0.273 e. The van der Waals surface area contributed by atoms with E-state index in [1.807, 2.05) is 0 Å². The lowest BCUT2D eigenvalue weighted by molar-refractivity contribution is 0.0383. The van der Waals surface area contributed by atoms with Crippen molar-refractivity contribution in [2.75, 3.05) is 45.1 Å². The van der Waals surface area contributed by atoms with Gasteiger partial charge in [-0.15, -0.1) is 0 Å². The first-order valence-electron chi connectivity index (χ1n) is 6.07. The highest BCUT2D eigenvalue weighted by molar-refractivity contribution is 5.97. The number of nitrogens with two attached hydrogens (primary N) is 1. The van der Waals surface area contributed by atoms with Crippen LogP contribution in [0.15, 0.2) is 0 Å². The van der Waals surface area contributed by atoms with Gasteiger partial charge in [0.2, 0.25) is 0 Å². The van der Waals surface area contributed by atoms with E-state index < -0.39 is 0 Å². The van der Waals surface area contributed by atoms with E-state index in [1.165, 1.54) is 0 Å². The highest BCUT2D eigenvalue weighted by Crippen LogP contribution is 2.11. The Labute approximate surface area is 106 Å². The summed E-state index contributed by atoms with van der Waals surface area (Å²) in [7, 11) is 0. The third-order valence-corrected chi connectivity index (χ3v) is 3.03. The fourth-order valence-corrected chi connectivity index (χ4v) is 1.85. The number of ether oxygens (including phenoxy) is 1. The van der Waals surface area contributed by atoms with Gasteiger partial charge in [-0.2, -0.15) is 5.10 Å². The molecule has 1 aromatic rings. The van der Waals surface area contributed by atoms with Gasteiger partial charge < -0.3 is 15.8 Å². The van der Waals surface area contributed by atoms with Gasteiger partial charge >= 0.3 is 0 Å². The Kier molecular flexibility index (Phi) is 4.16. The van der Waals surface area contributed by atoms with E-state index in [9.17, 15) is 4.79 Å². The number of H-pyrrole nitrogens is 1. The van der Waals surface area contributed by atoms with Crippen molar-refractivity contribution in [2.45, 2.75) is 6.92 Å². The Morgan fingerprint density at radius 1 is 1.56 bits per heavy atom. The molecule has 0 spiro atoms. The molecule has 0 aromatic carbocycles. The Hall–Kier alpha value is -1.60. The Morgan fingerprint density at radius 2 is 2.28 bits per heavy atom. The quantitative estimate of drug-likeness (QED) is 0.663. The van der Waals surface area contributed by atoms with E-state index >= 15 is 0 Å². The summed E-state index contributed by atoms with van der Waals surface area (Å²) in [5, 5.41) is 9.40. The molecule has 1 fully saturated rings. The molecular formula is C11H19N5O2. The van der Waals surface area contributed by atoms with Gasteiger partial charge in [0.15, 0.2) is 5.69 Å². The third-order valence-electron chi connectivity index (χ3n) is 3.03. The second kappa shape index (κ2) is 5.83. The first kappa shape index (κ1) is 12.8. The van der Waals surface area contributed by atoms with Crippen LogP contribution in [0.3, 0.4) is 0 Å². The molecule has 0 saturated carbocycles. The molecule has 100 valence electrons. The fourth-order valence-electron chi connectivity index (χ4n) is 1.85. The molecule has 0 bridgehead atoms. The predicted molar refractivity (Wildman–Crippen MR) is 67.3 cm³/mol. The van der Waals surface area contributed by atoms with Crippen LogP contribution in [-0.4, -0.2) is 60.4 Å². The molecule has 0 unspecified atom stereocenters. The maximum absolute atomic E-state index is 11.8. The van der Waals surface area contributed by atoms with Gasteiger partial charge in [-0.25, -0.2) is 0 Å². The van der Waals surface area contributed by atoms with Crippen molar-refractivity contribution >= 4 is 11.6 Å². The van der Waals surface area contributed by atoms with Crippen molar-refractivity contribution in [1.82, 2.24) is 20.4 Å². The SMILES string of the molecule is Cc1[nH]nc(C(=O)NCCN2CCOCC2)c1N. The average Bonchev–Trinajstić information content (AvgIpc) is 2.71. The molecule has 1 aliphatic heterocycles. The zero-order valence-electron chi connectivity index (χ0n) is 10.5. The van der Waals surface area contributed by atoms with Gasteiger partial charge in [0.25, 0.3) is 5.91 Å². The molecule has 4 N–H and O–H groups in total. The summed E-state index contributed by atoms with van der Waals surface area (Å²) in [6.45, 7) is 6.55. The normalized spacial score (nSPS) is 16.7. The molecule has 1 aromatic heterocycles. The number of nitrogens with one attached hydrogen (secondary N) is 2. The predicted octanol–water partition coefficient (Wildman–Crippen LogP) is -0.638. The maximum atomic E-state index is 11.8. The van der Waals surface area contributed by atoms with Gasteiger partial charge in [0.1, 0.15) is 0 Å². The monoisotopic (exact) mass is 253 g/mol. The summed E-state index contributed by atoms with van der Waals surface area (Å²) in [4.78, 5) is 14.1. The molecule has 0 radical (unpaired) electrons. The van der Waals surface area contributed by atoms with E-state index in [2.05, 4.69) is 20.4 Å². The van der Waals surface area contributed by atoms with E-state index in [0.717, 1.165) is 32.8 Å². The Balaban J connectivity index is 1.76. The number of aromatic amines is 1. The van der Waals surface area contributed by atoms with Crippen molar-refractivity contribution in [3.63, 3.8) is 0 Å². The molecule has 2 heterocycles. The summed E-state index contributed by atoms with van der Waals surface area (Å²) in [6, 6.07) is 0. The van der Waals surface area contributed by atoms with Crippen LogP contribution in [0, 0.1) is 6.92 Å². The topological polar surface area (TPSA) is 96.3 Å². The first-order chi connectivity index (χ1) is 8.68. The summed E-state index contributed by atoms with van der Waals surface area (Å²) in [5.41, 5.74) is 7.14. The fraction of sp³-hybridized carbons (Fsp3) is 0.636. The van der Waals surface area contributed by atoms with E-state index in [4.69, 9.17) is 10.5 Å². The highest BCUT2D eigenvalue weighted by Gasteiger charge is 2.15. The number of anilines is 1. The summed E-state index contributed by atoms with van der Waals surface area (Å²) in [5.74, 6) is -0.231.